The van der Waals surface area contributed by atoms with Crippen LogP contribution < -0.4 is 9.64 Å². The number of sulfonamides is 1. The lowest BCUT2D eigenvalue weighted by Gasteiger charge is -2.34. The first-order chi connectivity index (χ1) is 15.6. The average Bonchev–Trinajstić information content (AvgIpc) is 2.85. The molecule has 0 atom stereocenters. The van der Waals surface area contributed by atoms with Crippen molar-refractivity contribution in [1.29, 1.82) is 0 Å². The summed E-state index contributed by atoms with van der Waals surface area (Å²) >= 11 is 0. The van der Waals surface area contributed by atoms with E-state index < -0.39 is 10.0 Å². The molecule has 0 spiro atoms. The van der Waals surface area contributed by atoms with Gasteiger partial charge in [0.2, 0.25) is 10.0 Å². The molecule has 32 heavy (non-hydrogen) atoms. The van der Waals surface area contributed by atoms with E-state index in [0.29, 0.717) is 38.5 Å². The van der Waals surface area contributed by atoms with Crippen molar-refractivity contribution in [2.45, 2.75) is 24.7 Å². The number of benzene rings is 1. The van der Waals surface area contributed by atoms with E-state index in [1.54, 1.807) is 36.7 Å². The van der Waals surface area contributed by atoms with Gasteiger partial charge in [0, 0.05) is 44.1 Å². The molecule has 3 aromatic rings. The molecule has 0 bridgehead atoms. The monoisotopic (exact) mass is 453 g/mol. The SMILES string of the molecule is CCCCOc1ccc(S(=O)(=O)N2CCN(c3ccc(-c4ccncc4)nn3)CC2)cc1. The quantitative estimate of drug-likeness (QED) is 0.484. The largest absolute Gasteiger partial charge is 0.494 e. The van der Waals surface area contributed by atoms with E-state index in [4.69, 9.17) is 4.74 Å². The molecule has 8 nitrogen and oxygen atoms in total. The minimum Gasteiger partial charge on any atom is -0.494 e. The van der Waals surface area contributed by atoms with E-state index in [1.807, 2.05) is 24.3 Å². The summed E-state index contributed by atoms with van der Waals surface area (Å²) in [5, 5.41) is 8.65. The number of ether oxygens (including phenoxy) is 1. The van der Waals surface area contributed by atoms with Crippen LogP contribution in [0.4, 0.5) is 5.82 Å². The Morgan fingerprint density at radius 1 is 0.906 bits per heavy atom. The zero-order valence-corrected chi connectivity index (χ0v) is 18.9. The number of anilines is 1. The lowest BCUT2D eigenvalue weighted by Crippen LogP contribution is -2.48. The number of aromatic nitrogens is 3. The fourth-order valence-electron chi connectivity index (χ4n) is 3.52. The maximum absolute atomic E-state index is 13.0. The molecule has 1 fully saturated rings. The van der Waals surface area contributed by atoms with Gasteiger partial charge in [0.25, 0.3) is 0 Å². The first-order valence-corrected chi connectivity index (χ1v) is 12.2. The number of nitrogens with zero attached hydrogens (tertiary/aromatic N) is 5. The first kappa shape index (κ1) is 22.2. The van der Waals surface area contributed by atoms with E-state index in [-0.39, 0.29) is 4.90 Å². The predicted molar refractivity (Wildman–Crippen MR) is 123 cm³/mol. The van der Waals surface area contributed by atoms with Gasteiger partial charge in [-0.1, -0.05) is 13.3 Å². The Labute approximate surface area is 188 Å². The van der Waals surface area contributed by atoms with Crippen LogP contribution in [0.3, 0.4) is 0 Å². The number of unbranched alkanes of at least 4 members (excludes halogenated alkanes) is 1. The normalized spacial score (nSPS) is 15.0. The molecular weight excluding hydrogens is 426 g/mol. The Balaban J connectivity index is 1.36. The van der Waals surface area contributed by atoms with Gasteiger partial charge in [-0.25, -0.2) is 8.42 Å². The van der Waals surface area contributed by atoms with Crippen molar-refractivity contribution < 1.29 is 13.2 Å². The van der Waals surface area contributed by atoms with Crippen molar-refractivity contribution in [2.75, 3.05) is 37.7 Å². The second-order valence-corrected chi connectivity index (χ2v) is 9.52. The van der Waals surface area contributed by atoms with Crippen LogP contribution in [0.2, 0.25) is 0 Å². The highest BCUT2D eigenvalue weighted by molar-refractivity contribution is 7.89. The van der Waals surface area contributed by atoms with Crippen molar-refractivity contribution in [3.05, 3.63) is 60.9 Å². The minimum absolute atomic E-state index is 0.287. The lowest BCUT2D eigenvalue weighted by atomic mass is 10.2. The molecule has 3 heterocycles. The molecular formula is C23H27N5O3S. The van der Waals surface area contributed by atoms with Crippen LogP contribution >= 0.6 is 0 Å². The number of hydrogen-bond donors (Lipinski definition) is 0. The van der Waals surface area contributed by atoms with Crippen molar-refractivity contribution >= 4 is 15.8 Å². The smallest absolute Gasteiger partial charge is 0.243 e. The van der Waals surface area contributed by atoms with Gasteiger partial charge in [0.15, 0.2) is 5.82 Å². The molecule has 0 aliphatic carbocycles. The molecule has 1 aliphatic heterocycles. The van der Waals surface area contributed by atoms with Crippen molar-refractivity contribution in [2.24, 2.45) is 0 Å². The third-order valence-electron chi connectivity index (χ3n) is 5.42. The topological polar surface area (TPSA) is 88.5 Å². The fourth-order valence-corrected chi connectivity index (χ4v) is 4.94. The highest BCUT2D eigenvalue weighted by Gasteiger charge is 2.29. The maximum atomic E-state index is 13.0. The second kappa shape index (κ2) is 10.1. The van der Waals surface area contributed by atoms with Gasteiger partial charge in [-0.15, -0.1) is 10.2 Å². The van der Waals surface area contributed by atoms with Gasteiger partial charge in [-0.2, -0.15) is 4.31 Å². The standard InChI is InChI=1S/C23H27N5O3S/c1-2-3-18-31-20-4-6-21(7-5-20)32(29,30)28-16-14-27(15-17-28)23-9-8-22(25-26-23)19-10-12-24-13-11-19/h4-13H,2-3,14-18H2,1H3. The van der Waals surface area contributed by atoms with Crippen LogP contribution in [0, 0.1) is 0 Å². The maximum Gasteiger partial charge on any atom is 0.243 e. The summed E-state index contributed by atoms with van der Waals surface area (Å²) in [7, 11) is -3.54. The van der Waals surface area contributed by atoms with E-state index >= 15 is 0 Å². The van der Waals surface area contributed by atoms with E-state index in [2.05, 4.69) is 27.0 Å². The Morgan fingerprint density at radius 3 is 2.25 bits per heavy atom. The summed E-state index contributed by atoms with van der Waals surface area (Å²) in [6.07, 6.45) is 5.47. The minimum atomic E-state index is -3.54. The third-order valence-corrected chi connectivity index (χ3v) is 7.33. The summed E-state index contributed by atoms with van der Waals surface area (Å²) < 4.78 is 33.2. The highest BCUT2D eigenvalue weighted by atomic mass is 32.2. The zero-order chi connectivity index (χ0) is 22.4. The zero-order valence-electron chi connectivity index (χ0n) is 18.1. The van der Waals surface area contributed by atoms with Crippen LogP contribution in [0.25, 0.3) is 11.3 Å². The Kier molecular flexibility index (Phi) is 6.96. The number of piperazine rings is 1. The second-order valence-electron chi connectivity index (χ2n) is 7.58. The van der Waals surface area contributed by atoms with Crippen molar-refractivity contribution in [3.63, 3.8) is 0 Å². The average molecular weight is 454 g/mol. The van der Waals surface area contributed by atoms with Gasteiger partial charge in [-0.3, -0.25) is 4.98 Å². The van der Waals surface area contributed by atoms with Crippen LogP contribution in [-0.2, 0) is 10.0 Å². The third kappa shape index (κ3) is 5.05. The van der Waals surface area contributed by atoms with E-state index in [0.717, 1.165) is 29.9 Å². The number of pyridine rings is 1. The Hall–Kier alpha value is -3.04. The Bertz CT molecular complexity index is 1100. The van der Waals surface area contributed by atoms with Crippen LogP contribution in [-0.4, -0.2) is 60.7 Å². The van der Waals surface area contributed by atoms with Crippen LogP contribution in [0.1, 0.15) is 19.8 Å². The summed E-state index contributed by atoms with van der Waals surface area (Å²) in [6.45, 7) is 4.64. The molecule has 168 valence electrons. The molecule has 0 radical (unpaired) electrons. The molecule has 1 saturated heterocycles. The molecule has 2 aromatic heterocycles. The fraction of sp³-hybridized carbons (Fsp3) is 0.348. The summed E-state index contributed by atoms with van der Waals surface area (Å²) in [6, 6.07) is 14.3. The molecule has 0 unspecified atom stereocenters. The number of hydrogen-bond acceptors (Lipinski definition) is 7. The van der Waals surface area contributed by atoms with Gasteiger partial charge in [-0.05, 0) is 55.0 Å². The molecule has 0 saturated carbocycles. The molecule has 4 rings (SSSR count). The van der Waals surface area contributed by atoms with Gasteiger partial charge < -0.3 is 9.64 Å². The summed E-state index contributed by atoms with van der Waals surface area (Å²) in [5.74, 6) is 1.43. The van der Waals surface area contributed by atoms with Crippen molar-refractivity contribution in [3.8, 4) is 17.0 Å². The molecule has 1 aliphatic rings. The molecule has 9 heteroatoms. The first-order valence-electron chi connectivity index (χ1n) is 10.8. The lowest BCUT2D eigenvalue weighted by molar-refractivity contribution is 0.309. The highest BCUT2D eigenvalue weighted by Crippen LogP contribution is 2.23. The molecule has 0 N–H and O–H groups in total. The van der Waals surface area contributed by atoms with Crippen molar-refractivity contribution in [1.82, 2.24) is 19.5 Å². The van der Waals surface area contributed by atoms with Crippen LogP contribution in [0.15, 0.2) is 65.8 Å². The molecule has 1 aromatic carbocycles. The summed E-state index contributed by atoms with van der Waals surface area (Å²) in [5.41, 5.74) is 1.73. The van der Waals surface area contributed by atoms with Gasteiger partial charge in [0.1, 0.15) is 5.75 Å². The van der Waals surface area contributed by atoms with E-state index in [9.17, 15) is 8.42 Å². The van der Waals surface area contributed by atoms with Gasteiger partial charge >= 0.3 is 0 Å². The van der Waals surface area contributed by atoms with Gasteiger partial charge in [0.05, 0.1) is 17.2 Å². The Morgan fingerprint density at radius 2 is 1.62 bits per heavy atom. The number of rotatable bonds is 8. The predicted octanol–water partition coefficient (Wildman–Crippen LogP) is 3.23. The molecule has 0 amide bonds. The van der Waals surface area contributed by atoms with E-state index in [1.165, 1.54) is 4.31 Å². The van der Waals surface area contributed by atoms with Crippen LogP contribution in [0.5, 0.6) is 5.75 Å². The summed E-state index contributed by atoms with van der Waals surface area (Å²) in [4.78, 5) is 6.36.